The van der Waals surface area contributed by atoms with Gasteiger partial charge in [0.2, 0.25) is 0 Å². The summed E-state index contributed by atoms with van der Waals surface area (Å²) in [4.78, 5) is 14.2. The Morgan fingerprint density at radius 3 is 2.74 bits per heavy atom. The molecule has 23 heavy (non-hydrogen) atoms. The van der Waals surface area contributed by atoms with Gasteiger partial charge in [-0.2, -0.15) is 0 Å². The molecule has 0 saturated carbocycles. The first-order valence-corrected chi connectivity index (χ1v) is 8.00. The van der Waals surface area contributed by atoms with Gasteiger partial charge in [0.1, 0.15) is 0 Å². The van der Waals surface area contributed by atoms with Crippen molar-refractivity contribution in [2.24, 2.45) is 0 Å². The maximum atomic E-state index is 12.4. The molecule has 0 spiro atoms. The van der Waals surface area contributed by atoms with Gasteiger partial charge in [0, 0.05) is 13.1 Å². The summed E-state index contributed by atoms with van der Waals surface area (Å²) in [5, 5.41) is 12.8. The molecule has 2 N–H and O–H groups in total. The lowest BCUT2D eigenvalue weighted by Gasteiger charge is -2.37. The van der Waals surface area contributed by atoms with Crippen LogP contribution in [0, 0.1) is 0 Å². The molecule has 1 fully saturated rings. The van der Waals surface area contributed by atoms with Crippen LogP contribution >= 0.6 is 0 Å². The van der Waals surface area contributed by atoms with E-state index in [9.17, 15) is 9.90 Å². The van der Waals surface area contributed by atoms with Crippen molar-refractivity contribution < 1.29 is 19.4 Å². The van der Waals surface area contributed by atoms with E-state index in [1.165, 1.54) is 0 Å². The fourth-order valence-corrected chi connectivity index (χ4v) is 2.98. The number of likely N-dealkylation sites (tertiary alicyclic amines) is 1. The highest BCUT2D eigenvalue weighted by Crippen LogP contribution is 2.27. The van der Waals surface area contributed by atoms with Crippen molar-refractivity contribution in [3.8, 4) is 11.5 Å². The molecule has 1 aromatic carbocycles. The SMILES string of the molecule is COc1ccc(CNC(=O)N2CCCC[C@H]2[C@@H](C)O)cc1OC. The summed E-state index contributed by atoms with van der Waals surface area (Å²) in [7, 11) is 3.17. The van der Waals surface area contributed by atoms with E-state index in [4.69, 9.17) is 9.47 Å². The normalized spacial score (nSPS) is 19.1. The van der Waals surface area contributed by atoms with Crippen LogP contribution in [0.25, 0.3) is 0 Å². The van der Waals surface area contributed by atoms with Gasteiger partial charge < -0.3 is 24.8 Å². The molecular formula is C17H26N2O4. The minimum Gasteiger partial charge on any atom is -0.493 e. The van der Waals surface area contributed by atoms with Gasteiger partial charge in [-0.15, -0.1) is 0 Å². The number of nitrogens with one attached hydrogen (secondary N) is 1. The van der Waals surface area contributed by atoms with E-state index in [-0.39, 0.29) is 12.1 Å². The third-order valence-corrected chi connectivity index (χ3v) is 4.26. The van der Waals surface area contributed by atoms with Gasteiger partial charge in [-0.1, -0.05) is 6.07 Å². The van der Waals surface area contributed by atoms with Crippen LogP contribution in [-0.4, -0.2) is 48.9 Å². The van der Waals surface area contributed by atoms with Crippen LogP contribution in [0.5, 0.6) is 11.5 Å². The molecule has 6 heteroatoms. The molecule has 1 saturated heterocycles. The van der Waals surface area contributed by atoms with Crippen molar-refractivity contribution in [2.75, 3.05) is 20.8 Å². The van der Waals surface area contributed by atoms with Gasteiger partial charge >= 0.3 is 6.03 Å². The quantitative estimate of drug-likeness (QED) is 0.871. The number of ether oxygens (including phenoxy) is 2. The number of rotatable bonds is 5. The van der Waals surface area contributed by atoms with Crippen molar-refractivity contribution in [3.63, 3.8) is 0 Å². The van der Waals surface area contributed by atoms with Crippen molar-refractivity contribution in [3.05, 3.63) is 23.8 Å². The molecule has 1 aromatic rings. The summed E-state index contributed by atoms with van der Waals surface area (Å²) in [5.74, 6) is 1.30. The van der Waals surface area contributed by atoms with E-state index in [0.29, 0.717) is 24.6 Å². The molecule has 2 amide bonds. The molecule has 0 bridgehead atoms. The van der Waals surface area contributed by atoms with E-state index >= 15 is 0 Å². The van der Waals surface area contributed by atoms with Crippen LogP contribution in [0.3, 0.4) is 0 Å². The van der Waals surface area contributed by atoms with Gasteiger partial charge in [-0.05, 0) is 43.9 Å². The highest BCUT2D eigenvalue weighted by molar-refractivity contribution is 5.74. The predicted octanol–water partition coefficient (Wildman–Crippen LogP) is 2.15. The monoisotopic (exact) mass is 322 g/mol. The molecule has 1 aliphatic rings. The number of hydrogen-bond donors (Lipinski definition) is 2. The topological polar surface area (TPSA) is 71.0 Å². The second-order valence-corrected chi connectivity index (χ2v) is 5.85. The molecule has 0 unspecified atom stereocenters. The Balaban J connectivity index is 1.98. The lowest BCUT2D eigenvalue weighted by molar-refractivity contribution is 0.0562. The maximum absolute atomic E-state index is 12.4. The number of urea groups is 1. The number of amides is 2. The summed E-state index contributed by atoms with van der Waals surface area (Å²) in [5.41, 5.74) is 0.932. The molecule has 1 heterocycles. The third-order valence-electron chi connectivity index (χ3n) is 4.26. The zero-order valence-corrected chi connectivity index (χ0v) is 14.0. The van der Waals surface area contributed by atoms with Crippen LogP contribution in [0.1, 0.15) is 31.7 Å². The average Bonchev–Trinajstić information content (AvgIpc) is 2.59. The Kier molecular flexibility index (Phi) is 6.10. The summed E-state index contributed by atoms with van der Waals surface area (Å²) < 4.78 is 10.5. The molecule has 1 aliphatic heterocycles. The van der Waals surface area contributed by atoms with E-state index in [1.807, 2.05) is 18.2 Å². The maximum Gasteiger partial charge on any atom is 0.318 e. The molecular weight excluding hydrogens is 296 g/mol. The number of piperidine rings is 1. The molecule has 6 nitrogen and oxygen atoms in total. The number of nitrogens with zero attached hydrogens (tertiary/aromatic N) is 1. The predicted molar refractivity (Wildman–Crippen MR) is 87.8 cm³/mol. The summed E-state index contributed by atoms with van der Waals surface area (Å²) >= 11 is 0. The lowest BCUT2D eigenvalue weighted by Crippen LogP contribution is -2.52. The Bertz CT molecular complexity index is 533. The lowest BCUT2D eigenvalue weighted by atomic mass is 9.98. The highest BCUT2D eigenvalue weighted by atomic mass is 16.5. The van der Waals surface area contributed by atoms with Crippen molar-refractivity contribution in [1.82, 2.24) is 10.2 Å². The van der Waals surface area contributed by atoms with Gasteiger partial charge in [0.15, 0.2) is 11.5 Å². The van der Waals surface area contributed by atoms with Crippen LogP contribution in [0.2, 0.25) is 0 Å². The van der Waals surface area contributed by atoms with Crippen LogP contribution in [0.4, 0.5) is 4.79 Å². The standard InChI is InChI=1S/C17H26N2O4/c1-12(20)14-6-4-5-9-19(14)17(21)18-11-13-7-8-15(22-2)16(10-13)23-3/h7-8,10,12,14,20H,4-6,9,11H2,1-3H3,(H,18,21)/t12-,14+/m1/s1. The first-order chi connectivity index (χ1) is 11.1. The number of benzene rings is 1. The zero-order chi connectivity index (χ0) is 16.8. The second kappa shape index (κ2) is 8.06. The van der Waals surface area contributed by atoms with Gasteiger partial charge in [0.05, 0.1) is 26.4 Å². The summed E-state index contributed by atoms with van der Waals surface area (Å²) in [6.45, 7) is 2.83. The van der Waals surface area contributed by atoms with Crippen molar-refractivity contribution in [1.29, 1.82) is 0 Å². The fraction of sp³-hybridized carbons (Fsp3) is 0.588. The zero-order valence-electron chi connectivity index (χ0n) is 14.0. The minimum absolute atomic E-state index is 0.103. The number of hydrogen-bond acceptors (Lipinski definition) is 4. The first kappa shape index (κ1) is 17.4. The van der Waals surface area contributed by atoms with Crippen LogP contribution in [-0.2, 0) is 6.54 Å². The molecule has 0 radical (unpaired) electrons. The number of aliphatic hydroxyl groups excluding tert-OH is 1. The smallest absolute Gasteiger partial charge is 0.318 e. The Hall–Kier alpha value is -1.95. The van der Waals surface area contributed by atoms with Crippen molar-refractivity contribution >= 4 is 6.03 Å². The first-order valence-electron chi connectivity index (χ1n) is 8.00. The Morgan fingerprint density at radius 1 is 1.35 bits per heavy atom. The Labute approximate surface area is 137 Å². The largest absolute Gasteiger partial charge is 0.493 e. The molecule has 2 atom stereocenters. The van der Waals surface area contributed by atoms with Gasteiger partial charge in [-0.25, -0.2) is 4.79 Å². The van der Waals surface area contributed by atoms with E-state index in [2.05, 4.69) is 5.32 Å². The van der Waals surface area contributed by atoms with Crippen LogP contribution < -0.4 is 14.8 Å². The van der Waals surface area contributed by atoms with Crippen molar-refractivity contribution in [2.45, 2.75) is 44.9 Å². The molecule has 0 aromatic heterocycles. The van der Waals surface area contributed by atoms with Crippen LogP contribution in [0.15, 0.2) is 18.2 Å². The number of carbonyl (C=O) groups is 1. The highest BCUT2D eigenvalue weighted by Gasteiger charge is 2.29. The van der Waals surface area contributed by atoms with E-state index in [1.54, 1.807) is 26.0 Å². The minimum atomic E-state index is -0.512. The molecule has 2 rings (SSSR count). The average molecular weight is 322 g/mol. The summed E-state index contributed by atoms with van der Waals surface area (Å²) in [6.07, 6.45) is 2.37. The number of methoxy groups -OCH3 is 2. The second-order valence-electron chi connectivity index (χ2n) is 5.85. The van der Waals surface area contributed by atoms with E-state index in [0.717, 1.165) is 24.8 Å². The molecule has 0 aliphatic carbocycles. The summed E-state index contributed by atoms with van der Waals surface area (Å²) in [6, 6.07) is 5.32. The molecule has 128 valence electrons. The van der Waals surface area contributed by atoms with Gasteiger partial charge in [-0.3, -0.25) is 0 Å². The number of carbonyl (C=O) groups excluding carboxylic acids is 1. The van der Waals surface area contributed by atoms with Gasteiger partial charge in [0.25, 0.3) is 0 Å². The third kappa shape index (κ3) is 4.28. The van der Waals surface area contributed by atoms with E-state index < -0.39 is 6.10 Å². The fourth-order valence-electron chi connectivity index (χ4n) is 2.98. The Morgan fingerprint density at radius 2 is 2.09 bits per heavy atom. The number of aliphatic hydroxyl groups is 1.